The van der Waals surface area contributed by atoms with Crippen LogP contribution in [0.15, 0.2) is 30.3 Å². The van der Waals surface area contributed by atoms with Crippen LogP contribution in [0.4, 0.5) is 0 Å². The monoisotopic (exact) mass is 276 g/mol. The highest BCUT2D eigenvalue weighted by Gasteiger charge is 2.34. The highest BCUT2D eigenvalue weighted by Crippen LogP contribution is 2.29. The van der Waals surface area contributed by atoms with Crippen LogP contribution < -0.4 is 5.32 Å². The lowest BCUT2D eigenvalue weighted by atomic mass is 9.84. The van der Waals surface area contributed by atoms with Crippen molar-refractivity contribution >= 4 is 0 Å². The van der Waals surface area contributed by atoms with Crippen LogP contribution in [0.1, 0.15) is 32.4 Å². The van der Waals surface area contributed by atoms with Crippen LogP contribution in [0.5, 0.6) is 0 Å². The van der Waals surface area contributed by atoms with Crippen LogP contribution >= 0.6 is 0 Å². The summed E-state index contributed by atoms with van der Waals surface area (Å²) >= 11 is 0. The van der Waals surface area contributed by atoms with Gasteiger partial charge in [-0.05, 0) is 11.0 Å². The molecule has 1 aromatic carbocycles. The Bertz CT molecular complexity index is 399. The minimum absolute atomic E-state index is 0.285. The number of methoxy groups -OCH3 is 1. The smallest absolute Gasteiger partial charge is 0.0589 e. The van der Waals surface area contributed by atoms with Gasteiger partial charge in [-0.1, -0.05) is 51.1 Å². The number of rotatable bonds is 4. The van der Waals surface area contributed by atoms with E-state index in [1.165, 1.54) is 5.56 Å². The lowest BCUT2D eigenvalue weighted by Gasteiger charge is -2.45. The molecule has 1 aromatic rings. The summed E-state index contributed by atoms with van der Waals surface area (Å²) in [5, 5.41) is 3.73. The molecule has 1 fully saturated rings. The molecule has 0 spiro atoms. The van der Waals surface area contributed by atoms with Gasteiger partial charge in [0.05, 0.1) is 6.61 Å². The first kappa shape index (κ1) is 15.5. The summed E-state index contributed by atoms with van der Waals surface area (Å²) in [6, 6.07) is 11.8. The maximum absolute atomic E-state index is 5.29. The standard InChI is InChI=1S/C17H28N2O/c1-17(2,3)16-13-19(10-11-20-4)15(12-18-16)14-8-6-5-7-9-14/h5-9,15-16,18H,10-13H2,1-4H3. The molecule has 0 amide bonds. The number of benzene rings is 1. The molecule has 1 N–H and O–H groups in total. The molecule has 3 nitrogen and oxygen atoms in total. The minimum atomic E-state index is 0.285. The molecule has 3 heteroatoms. The third-order valence-corrected chi connectivity index (χ3v) is 4.23. The van der Waals surface area contributed by atoms with Crippen molar-refractivity contribution in [3.63, 3.8) is 0 Å². The lowest BCUT2D eigenvalue weighted by Crippen LogP contribution is -2.57. The Labute approximate surface area is 123 Å². The Morgan fingerprint density at radius 3 is 2.55 bits per heavy atom. The molecule has 1 aliphatic heterocycles. The summed E-state index contributed by atoms with van der Waals surface area (Å²) < 4.78 is 5.29. The summed E-state index contributed by atoms with van der Waals surface area (Å²) in [5.74, 6) is 0. The molecule has 0 bridgehead atoms. The van der Waals surface area contributed by atoms with Crippen molar-refractivity contribution in [2.75, 3.05) is 33.4 Å². The van der Waals surface area contributed by atoms with Crippen molar-refractivity contribution in [1.82, 2.24) is 10.2 Å². The van der Waals surface area contributed by atoms with Gasteiger partial charge in [-0.2, -0.15) is 0 Å². The van der Waals surface area contributed by atoms with E-state index >= 15 is 0 Å². The van der Waals surface area contributed by atoms with Gasteiger partial charge < -0.3 is 10.1 Å². The van der Waals surface area contributed by atoms with Gasteiger partial charge in [0.15, 0.2) is 0 Å². The maximum Gasteiger partial charge on any atom is 0.0589 e. The fourth-order valence-electron chi connectivity index (χ4n) is 2.85. The van der Waals surface area contributed by atoms with Gasteiger partial charge in [0.2, 0.25) is 0 Å². The second-order valence-corrected chi connectivity index (χ2v) is 6.74. The number of nitrogens with zero attached hydrogens (tertiary/aromatic N) is 1. The van der Waals surface area contributed by atoms with Crippen LogP contribution in [0.2, 0.25) is 0 Å². The fraction of sp³-hybridized carbons (Fsp3) is 0.647. The number of hydrogen-bond donors (Lipinski definition) is 1. The van der Waals surface area contributed by atoms with Crippen molar-refractivity contribution in [1.29, 1.82) is 0 Å². The quantitative estimate of drug-likeness (QED) is 0.915. The average molecular weight is 276 g/mol. The second kappa shape index (κ2) is 6.70. The van der Waals surface area contributed by atoms with E-state index in [0.29, 0.717) is 12.1 Å². The first-order chi connectivity index (χ1) is 9.52. The van der Waals surface area contributed by atoms with Crippen LogP contribution in [0.25, 0.3) is 0 Å². The molecule has 0 radical (unpaired) electrons. The normalized spacial score (nSPS) is 24.8. The zero-order chi connectivity index (χ0) is 14.6. The summed E-state index contributed by atoms with van der Waals surface area (Å²) in [4.78, 5) is 2.56. The average Bonchev–Trinajstić information content (AvgIpc) is 2.45. The Balaban J connectivity index is 2.12. The Morgan fingerprint density at radius 1 is 1.25 bits per heavy atom. The van der Waals surface area contributed by atoms with E-state index in [4.69, 9.17) is 4.74 Å². The van der Waals surface area contributed by atoms with E-state index in [-0.39, 0.29) is 5.41 Å². The molecule has 2 rings (SSSR count). The van der Waals surface area contributed by atoms with Crippen molar-refractivity contribution in [2.45, 2.75) is 32.9 Å². The number of hydrogen-bond acceptors (Lipinski definition) is 3. The summed E-state index contributed by atoms with van der Waals surface area (Å²) in [6.07, 6.45) is 0. The van der Waals surface area contributed by atoms with E-state index in [1.807, 2.05) is 0 Å². The highest BCUT2D eigenvalue weighted by molar-refractivity contribution is 5.20. The molecule has 1 heterocycles. The van der Waals surface area contributed by atoms with E-state index in [0.717, 1.165) is 26.2 Å². The lowest BCUT2D eigenvalue weighted by molar-refractivity contribution is 0.0592. The largest absolute Gasteiger partial charge is 0.383 e. The van der Waals surface area contributed by atoms with Crippen molar-refractivity contribution in [3.05, 3.63) is 35.9 Å². The van der Waals surface area contributed by atoms with E-state index in [2.05, 4.69) is 61.3 Å². The summed E-state index contributed by atoms with van der Waals surface area (Å²) in [6.45, 7) is 10.8. The Hall–Kier alpha value is -0.900. The molecule has 1 aliphatic rings. The van der Waals surface area contributed by atoms with Crippen molar-refractivity contribution in [3.8, 4) is 0 Å². The fourth-order valence-corrected chi connectivity index (χ4v) is 2.85. The molecule has 1 saturated heterocycles. The van der Waals surface area contributed by atoms with E-state index in [1.54, 1.807) is 7.11 Å². The number of ether oxygens (including phenoxy) is 1. The van der Waals surface area contributed by atoms with Gasteiger partial charge in [0, 0.05) is 38.8 Å². The molecule has 2 unspecified atom stereocenters. The molecular formula is C17H28N2O. The minimum Gasteiger partial charge on any atom is -0.383 e. The van der Waals surface area contributed by atoms with Crippen LogP contribution in [0.3, 0.4) is 0 Å². The first-order valence-corrected chi connectivity index (χ1v) is 7.53. The SMILES string of the molecule is COCCN1CC(C(C)(C)C)NCC1c1ccccc1. The second-order valence-electron chi connectivity index (χ2n) is 6.74. The van der Waals surface area contributed by atoms with Crippen molar-refractivity contribution in [2.24, 2.45) is 5.41 Å². The Kier molecular flexibility index (Phi) is 5.19. The highest BCUT2D eigenvalue weighted by atomic mass is 16.5. The molecule has 0 saturated carbocycles. The third kappa shape index (κ3) is 3.81. The molecule has 0 aliphatic carbocycles. The van der Waals surface area contributed by atoms with Crippen molar-refractivity contribution < 1.29 is 4.74 Å². The predicted molar refractivity (Wildman–Crippen MR) is 83.9 cm³/mol. The van der Waals surface area contributed by atoms with Gasteiger partial charge in [0.25, 0.3) is 0 Å². The molecule has 0 aromatic heterocycles. The first-order valence-electron chi connectivity index (χ1n) is 7.53. The van der Waals surface area contributed by atoms with E-state index < -0.39 is 0 Å². The topological polar surface area (TPSA) is 24.5 Å². The van der Waals surface area contributed by atoms with Crippen LogP contribution in [-0.4, -0.2) is 44.3 Å². The Morgan fingerprint density at radius 2 is 1.95 bits per heavy atom. The van der Waals surface area contributed by atoms with Gasteiger partial charge in [0.1, 0.15) is 0 Å². The van der Waals surface area contributed by atoms with E-state index in [9.17, 15) is 0 Å². The third-order valence-electron chi connectivity index (χ3n) is 4.23. The van der Waals surface area contributed by atoms with Gasteiger partial charge in [-0.3, -0.25) is 4.90 Å². The van der Waals surface area contributed by atoms with Gasteiger partial charge >= 0.3 is 0 Å². The zero-order valence-corrected chi connectivity index (χ0v) is 13.2. The summed E-state index contributed by atoms with van der Waals surface area (Å²) in [7, 11) is 1.78. The predicted octanol–water partition coefficient (Wildman–Crippen LogP) is 2.69. The number of piperazine rings is 1. The molecule has 2 atom stereocenters. The van der Waals surface area contributed by atoms with Crippen LogP contribution in [0, 0.1) is 5.41 Å². The van der Waals surface area contributed by atoms with Gasteiger partial charge in [-0.25, -0.2) is 0 Å². The number of nitrogens with one attached hydrogen (secondary N) is 1. The maximum atomic E-state index is 5.29. The van der Waals surface area contributed by atoms with Gasteiger partial charge in [-0.15, -0.1) is 0 Å². The molecule has 112 valence electrons. The summed E-state index contributed by atoms with van der Waals surface area (Å²) in [5.41, 5.74) is 1.68. The van der Waals surface area contributed by atoms with Crippen LogP contribution in [-0.2, 0) is 4.74 Å². The molecular weight excluding hydrogens is 248 g/mol. The molecule has 20 heavy (non-hydrogen) atoms. The zero-order valence-electron chi connectivity index (χ0n) is 13.2.